The van der Waals surface area contributed by atoms with E-state index in [4.69, 9.17) is 10.5 Å². The molecule has 1 aliphatic heterocycles. The minimum atomic E-state index is -0.732. The monoisotopic (exact) mass is 282 g/mol. The summed E-state index contributed by atoms with van der Waals surface area (Å²) in [5.74, 6) is 0.0642. The van der Waals surface area contributed by atoms with E-state index in [9.17, 15) is 4.79 Å². The third-order valence-corrected chi connectivity index (χ3v) is 5.39. The van der Waals surface area contributed by atoms with E-state index in [1.165, 1.54) is 39.3 Å². The highest BCUT2D eigenvalue weighted by Gasteiger charge is 2.46. The van der Waals surface area contributed by atoms with Crippen molar-refractivity contribution in [2.75, 3.05) is 20.2 Å². The summed E-state index contributed by atoms with van der Waals surface area (Å²) in [6, 6.07) is 0.671. The molecule has 4 nitrogen and oxygen atoms in total. The van der Waals surface area contributed by atoms with Gasteiger partial charge in [0.15, 0.2) is 0 Å². The van der Waals surface area contributed by atoms with Crippen LogP contribution in [0.15, 0.2) is 0 Å². The maximum atomic E-state index is 12.0. The molecule has 116 valence electrons. The van der Waals surface area contributed by atoms with Crippen LogP contribution in [0.4, 0.5) is 0 Å². The van der Waals surface area contributed by atoms with E-state index in [-0.39, 0.29) is 11.9 Å². The molecule has 0 spiro atoms. The summed E-state index contributed by atoms with van der Waals surface area (Å²) < 4.78 is 4.92. The molecule has 2 N–H and O–H groups in total. The highest BCUT2D eigenvalue weighted by molar-refractivity contribution is 5.81. The van der Waals surface area contributed by atoms with Crippen molar-refractivity contribution in [3.05, 3.63) is 0 Å². The maximum Gasteiger partial charge on any atom is 0.326 e. The molecule has 1 saturated carbocycles. The molecule has 2 fully saturated rings. The summed E-state index contributed by atoms with van der Waals surface area (Å²) in [5.41, 5.74) is 5.61. The fourth-order valence-corrected chi connectivity index (χ4v) is 3.95. The van der Waals surface area contributed by atoms with Gasteiger partial charge in [-0.05, 0) is 58.0 Å². The molecule has 0 radical (unpaired) electrons. The zero-order valence-electron chi connectivity index (χ0n) is 13.1. The number of nitrogens with two attached hydrogens (primary N) is 1. The fourth-order valence-electron chi connectivity index (χ4n) is 3.95. The van der Waals surface area contributed by atoms with Crippen LogP contribution in [0.1, 0.15) is 58.3 Å². The Kier molecular flexibility index (Phi) is 5.44. The number of nitrogens with zero attached hydrogens (tertiary/aromatic N) is 1. The molecular weight excluding hydrogens is 252 g/mol. The van der Waals surface area contributed by atoms with Crippen molar-refractivity contribution in [3.8, 4) is 0 Å². The van der Waals surface area contributed by atoms with Crippen molar-refractivity contribution in [3.63, 3.8) is 0 Å². The van der Waals surface area contributed by atoms with Crippen LogP contribution >= 0.6 is 0 Å². The predicted octanol–water partition coefficient (Wildman–Crippen LogP) is 2.31. The Labute approximate surface area is 123 Å². The first-order valence-corrected chi connectivity index (χ1v) is 8.19. The standard InChI is InChI=1S/C16H30N2O2/c1-13-7-4-3-5-11-18(13)12-9-14-8-6-10-16(14,17)15(19)20-2/h13-14H,3-12,17H2,1-2H3. The molecule has 1 heterocycles. The van der Waals surface area contributed by atoms with Crippen LogP contribution in [-0.2, 0) is 9.53 Å². The van der Waals surface area contributed by atoms with Gasteiger partial charge in [0.05, 0.1) is 7.11 Å². The summed E-state index contributed by atoms with van der Waals surface area (Å²) in [5, 5.41) is 0. The van der Waals surface area contributed by atoms with Gasteiger partial charge in [-0.2, -0.15) is 0 Å². The number of methoxy groups -OCH3 is 1. The van der Waals surface area contributed by atoms with Crippen LogP contribution in [-0.4, -0.2) is 42.6 Å². The lowest BCUT2D eigenvalue weighted by Crippen LogP contribution is -2.52. The first-order valence-electron chi connectivity index (χ1n) is 8.19. The van der Waals surface area contributed by atoms with Crippen molar-refractivity contribution >= 4 is 5.97 Å². The lowest BCUT2D eigenvalue weighted by molar-refractivity contribution is -0.148. The second kappa shape index (κ2) is 6.90. The average Bonchev–Trinajstić information content (AvgIpc) is 2.70. The van der Waals surface area contributed by atoms with E-state index in [1.54, 1.807) is 0 Å². The normalized spacial score (nSPS) is 35.8. The van der Waals surface area contributed by atoms with Gasteiger partial charge in [0.1, 0.15) is 5.54 Å². The van der Waals surface area contributed by atoms with Crippen molar-refractivity contribution in [1.82, 2.24) is 4.90 Å². The molecule has 3 unspecified atom stereocenters. The van der Waals surface area contributed by atoms with Gasteiger partial charge in [0, 0.05) is 6.04 Å². The molecule has 20 heavy (non-hydrogen) atoms. The van der Waals surface area contributed by atoms with Crippen molar-refractivity contribution < 1.29 is 9.53 Å². The summed E-state index contributed by atoms with van der Waals surface area (Å²) in [7, 11) is 1.45. The minimum Gasteiger partial charge on any atom is -0.468 e. The Morgan fingerprint density at radius 1 is 1.30 bits per heavy atom. The highest BCUT2D eigenvalue weighted by Crippen LogP contribution is 2.37. The van der Waals surface area contributed by atoms with Gasteiger partial charge in [-0.1, -0.05) is 19.3 Å². The lowest BCUT2D eigenvalue weighted by Gasteiger charge is -2.32. The molecule has 0 aromatic rings. The highest BCUT2D eigenvalue weighted by atomic mass is 16.5. The maximum absolute atomic E-state index is 12.0. The Morgan fingerprint density at radius 3 is 2.85 bits per heavy atom. The molecule has 1 saturated heterocycles. The molecule has 3 atom stereocenters. The van der Waals surface area contributed by atoms with Gasteiger partial charge < -0.3 is 15.4 Å². The van der Waals surface area contributed by atoms with Crippen LogP contribution in [0.5, 0.6) is 0 Å². The zero-order valence-corrected chi connectivity index (χ0v) is 13.1. The first kappa shape index (κ1) is 15.8. The number of likely N-dealkylation sites (tertiary alicyclic amines) is 1. The Hall–Kier alpha value is -0.610. The van der Waals surface area contributed by atoms with Gasteiger partial charge in [0.2, 0.25) is 0 Å². The quantitative estimate of drug-likeness (QED) is 0.804. The van der Waals surface area contributed by atoms with Crippen LogP contribution in [0.2, 0.25) is 0 Å². The smallest absolute Gasteiger partial charge is 0.326 e. The zero-order chi connectivity index (χ0) is 14.6. The number of esters is 1. The summed E-state index contributed by atoms with van der Waals surface area (Å²) in [4.78, 5) is 14.5. The third-order valence-electron chi connectivity index (χ3n) is 5.39. The van der Waals surface area contributed by atoms with E-state index in [0.717, 1.165) is 32.2 Å². The number of hydrogen-bond acceptors (Lipinski definition) is 4. The van der Waals surface area contributed by atoms with E-state index in [2.05, 4.69) is 11.8 Å². The van der Waals surface area contributed by atoms with Gasteiger partial charge in [-0.25, -0.2) is 0 Å². The Morgan fingerprint density at radius 2 is 2.10 bits per heavy atom. The number of carbonyl (C=O) groups is 1. The molecule has 2 aliphatic rings. The number of ether oxygens (including phenoxy) is 1. The number of hydrogen-bond donors (Lipinski definition) is 1. The first-order chi connectivity index (χ1) is 9.58. The summed E-state index contributed by atoms with van der Waals surface area (Å²) in [6.45, 7) is 4.60. The number of rotatable bonds is 4. The minimum absolute atomic E-state index is 0.219. The molecule has 0 amide bonds. The Balaban J connectivity index is 1.90. The second-order valence-electron chi connectivity index (χ2n) is 6.64. The van der Waals surface area contributed by atoms with Crippen LogP contribution in [0, 0.1) is 5.92 Å². The second-order valence-corrected chi connectivity index (χ2v) is 6.64. The number of carbonyl (C=O) groups excluding carboxylic acids is 1. The summed E-state index contributed by atoms with van der Waals surface area (Å²) >= 11 is 0. The van der Waals surface area contributed by atoms with Crippen LogP contribution < -0.4 is 5.73 Å². The van der Waals surface area contributed by atoms with Crippen molar-refractivity contribution in [2.45, 2.75) is 69.9 Å². The van der Waals surface area contributed by atoms with Crippen LogP contribution in [0.3, 0.4) is 0 Å². The van der Waals surface area contributed by atoms with Gasteiger partial charge in [-0.15, -0.1) is 0 Å². The topological polar surface area (TPSA) is 55.6 Å². The fraction of sp³-hybridized carbons (Fsp3) is 0.938. The average molecular weight is 282 g/mol. The van der Waals surface area contributed by atoms with E-state index < -0.39 is 5.54 Å². The van der Waals surface area contributed by atoms with Gasteiger partial charge >= 0.3 is 5.97 Å². The van der Waals surface area contributed by atoms with Crippen molar-refractivity contribution in [2.24, 2.45) is 11.7 Å². The predicted molar refractivity (Wildman–Crippen MR) is 80.4 cm³/mol. The molecule has 0 aromatic heterocycles. The molecular formula is C16H30N2O2. The van der Waals surface area contributed by atoms with Gasteiger partial charge in [0.25, 0.3) is 0 Å². The largest absolute Gasteiger partial charge is 0.468 e. The molecule has 0 bridgehead atoms. The van der Waals surface area contributed by atoms with E-state index in [0.29, 0.717) is 6.04 Å². The van der Waals surface area contributed by atoms with Gasteiger partial charge in [-0.3, -0.25) is 4.79 Å². The molecule has 0 aromatic carbocycles. The Bertz CT molecular complexity index is 334. The molecule has 2 rings (SSSR count). The van der Waals surface area contributed by atoms with Crippen LogP contribution in [0.25, 0.3) is 0 Å². The SMILES string of the molecule is COC(=O)C1(N)CCCC1CCN1CCCCCC1C. The molecule has 1 aliphatic carbocycles. The van der Waals surface area contributed by atoms with Crippen molar-refractivity contribution in [1.29, 1.82) is 0 Å². The van der Waals surface area contributed by atoms with E-state index >= 15 is 0 Å². The molecule has 4 heteroatoms. The third kappa shape index (κ3) is 3.34. The van der Waals surface area contributed by atoms with E-state index in [1.807, 2.05) is 0 Å². The summed E-state index contributed by atoms with van der Waals surface area (Å²) in [6.07, 6.45) is 9.22. The lowest BCUT2D eigenvalue weighted by atomic mass is 9.85.